The minimum Gasteiger partial charge on any atom is -0.492 e. The van der Waals surface area contributed by atoms with Crippen molar-refractivity contribution in [3.05, 3.63) is 28.8 Å². The second kappa shape index (κ2) is 8.31. The summed E-state index contributed by atoms with van der Waals surface area (Å²) in [6, 6.07) is 4.90. The van der Waals surface area contributed by atoms with Crippen LogP contribution >= 0.6 is 0 Å². The van der Waals surface area contributed by atoms with Gasteiger partial charge in [0.15, 0.2) is 0 Å². The Morgan fingerprint density at radius 3 is 2.40 bits per heavy atom. The topological polar surface area (TPSA) is 21.3 Å². The first-order valence-electron chi connectivity index (χ1n) is 7.84. The van der Waals surface area contributed by atoms with E-state index in [2.05, 4.69) is 59.0 Å². The zero-order valence-corrected chi connectivity index (χ0v) is 14.0. The smallest absolute Gasteiger partial charge is 0.122 e. The highest BCUT2D eigenvalue weighted by Crippen LogP contribution is 2.23. The molecule has 2 nitrogen and oxygen atoms in total. The third kappa shape index (κ3) is 5.96. The van der Waals surface area contributed by atoms with Gasteiger partial charge in [0.1, 0.15) is 12.4 Å². The maximum atomic E-state index is 5.91. The van der Waals surface area contributed by atoms with Gasteiger partial charge in [0.25, 0.3) is 0 Å². The van der Waals surface area contributed by atoms with Crippen LogP contribution in [0.25, 0.3) is 0 Å². The summed E-state index contributed by atoms with van der Waals surface area (Å²) >= 11 is 0. The molecule has 20 heavy (non-hydrogen) atoms. The molecule has 0 heterocycles. The maximum Gasteiger partial charge on any atom is 0.122 e. The molecule has 114 valence electrons. The third-order valence-electron chi connectivity index (χ3n) is 3.79. The zero-order valence-electron chi connectivity index (χ0n) is 14.0. The van der Waals surface area contributed by atoms with Crippen molar-refractivity contribution in [2.24, 2.45) is 5.92 Å². The number of hydrogen-bond donors (Lipinski definition) is 1. The van der Waals surface area contributed by atoms with Gasteiger partial charge in [0.05, 0.1) is 0 Å². The Morgan fingerprint density at radius 2 is 1.75 bits per heavy atom. The van der Waals surface area contributed by atoms with E-state index >= 15 is 0 Å². The Bertz CT molecular complexity index is 412. The number of hydrogen-bond acceptors (Lipinski definition) is 2. The number of benzene rings is 1. The second-order valence-electron chi connectivity index (χ2n) is 6.38. The largest absolute Gasteiger partial charge is 0.492 e. The van der Waals surface area contributed by atoms with Crippen LogP contribution in [0, 0.1) is 26.7 Å². The third-order valence-corrected chi connectivity index (χ3v) is 3.79. The van der Waals surface area contributed by atoms with Gasteiger partial charge in [-0.3, -0.25) is 0 Å². The first kappa shape index (κ1) is 17.0. The molecular weight excluding hydrogens is 246 g/mol. The molecule has 0 saturated carbocycles. The molecule has 0 aromatic heterocycles. The average Bonchev–Trinajstić information content (AvgIpc) is 2.37. The first-order chi connectivity index (χ1) is 9.40. The van der Waals surface area contributed by atoms with Crippen LogP contribution in [0.2, 0.25) is 0 Å². The van der Waals surface area contributed by atoms with Crippen LogP contribution in [0.5, 0.6) is 5.75 Å². The van der Waals surface area contributed by atoms with Crippen molar-refractivity contribution in [2.45, 2.75) is 60.4 Å². The molecule has 0 aliphatic rings. The summed E-state index contributed by atoms with van der Waals surface area (Å²) in [6.45, 7) is 14.8. The highest BCUT2D eigenvalue weighted by molar-refractivity contribution is 5.41. The van der Waals surface area contributed by atoms with Crippen molar-refractivity contribution in [2.75, 3.05) is 13.2 Å². The molecule has 1 aromatic carbocycles. The fourth-order valence-corrected chi connectivity index (χ4v) is 2.30. The van der Waals surface area contributed by atoms with Crippen molar-refractivity contribution < 1.29 is 4.74 Å². The minimum absolute atomic E-state index is 0.571. The van der Waals surface area contributed by atoms with E-state index in [1.807, 2.05) is 0 Å². The lowest BCUT2D eigenvalue weighted by Crippen LogP contribution is -2.30. The van der Waals surface area contributed by atoms with Gasteiger partial charge in [0, 0.05) is 12.6 Å². The first-order valence-corrected chi connectivity index (χ1v) is 7.84. The molecular formula is C18H31NO. The Labute approximate surface area is 124 Å². The molecule has 0 saturated heterocycles. The average molecular weight is 277 g/mol. The Balaban J connectivity index is 2.31. The van der Waals surface area contributed by atoms with E-state index in [0.717, 1.165) is 24.8 Å². The number of rotatable bonds is 8. The molecule has 0 radical (unpaired) electrons. The van der Waals surface area contributed by atoms with Crippen molar-refractivity contribution >= 4 is 0 Å². The zero-order chi connectivity index (χ0) is 15.1. The van der Waals surface area contributed by atoms with Crippen LogP contribution in [-0.4, -0.2) is 19.2 Å². The summed E-state index contributed by atoms with van der Waals surface area (Å²) in [4.78, 5) is 0. The lowest BCUT2D eigenvalue weighted by atomic mass is 10.0. The minimum atomic E-state index is 0.571. The molecule has 1 rings (SSSR count). The molecule has 0 spiro atoms. The summed E-state index contributed by atoms with van der Waals surface area (Å²) in [5.41, 5.74) is 3.82. The molecule has 0 amide bonds. The van der Waals surface area contributed by atoms with E-state index in [1.165, 1.54) is 29.5 Å². The van der Waals surface area contributed by atoms with Crippen LogP contribution in [0.4, 0.5) is 0 Å². The molecule has 0 bridgehead atoms. The number of ether oxygens (including phenoxy) is 1. The van der Waals surface area contributed by atoms with Crippen molar-refractivity contribution in [1.29, 1.82) is 0 Å². The van der Waals surface area contributed by atoms with E-state index in [0.29, 0.717) is 6.04 Å². The molecule has 1 N–H and O–H groups in total. The lowest BCUT2D eigenvalue weighted by Gasteiger charge is -2.16. The fraction of sp³-hybridized carbons (Fsp3) is 0.667. The van der Waals surface area contributed by atoms with Crippen molar-refractivity contribution in [3.63, 3.8) is 0 Å². The van der Waals surface area contributed by atoms with E-state index in [9.17, 15) is 0 Å². The van der Waals surface area contributed by atoms with Gasteiger partial charge in [0.2, 0.25) is 0 Å². The van der Waals surface area contributed by atoms with Gasteiger partial charge < -0.3 is 10.1 Å². The van der Waals surface area contributed by atoms with Crippen LogP contribution in [0.15, 0.2) is 12.1 Å². The van der Waals surface area contributed by atoms with Crippen LogP contribution in [0.1, 0.15) is 50.3 Å². The fourth-order valence-electron chi connectivity index (χ4n) is 2.30. The number of nitrogens with one attached hydrogen (secondary N) is 1. The van der Waals surface area contributed by atoms with E-state index in [4.69, 9.17) is 4.74 Å². The highest BCUT2D eigenvalue weighted by atomic mass is 16.5. The predicted octanol–water partition coefficient (Wildman–Crippen LogP) is 4.40. The van der Waals surface area contributed by atoms with Crippen molar-refractivity contribution in [3.8, 4) is 5.75 Å². The molecule has 1 aromatic rings. The summed E-state index contributed by atoms with van der Waals surface area (Å²) < 4.78 is 5.91. The van der Waals surface area contributed by atoms with Gasteiger partial charge in [-0.1, -0.05) is 19.9 Å². The Morgan fingerprint density at radius 1 is 1.05 bits per heavy atom. The Kier molecular flexibility index (Phi) is 7.08. The van der Waals surface area contributed by atoms with Gasteiger partial charge in [-0.25, -0.2) is 0 Å². The summed E-state index contributed by atoms with van der Waals surface area (Å²) in [5.74, 6) is 1.81. The molecule has 0 aliphatic carbocycles. The lowest BCUT2D eigenvalue weighted by molar-refractivity contribution is 0.301. The molecule has 0 fully saturated rings. The molecule has 1 atom stereocenters. The van der Waals surface area contributed by atoms with Crippen LogP contribution in [0.3, 0.4) is 0 Å². The van der Waals surface area contributed by atoms with Crippen molar-refractivity contribution in [1.82, 2.24) is 5.32 Å². The molecule has 2 heteroatoms. The molecule has 1 unspecified atom stereocenters. The summed E-state index contributed by atoms with van der Waals surface area (Å²) in [7, 11) is 0. The maximum absolute atomic E-state index is 5.91. The van der Waals surface area contributed by atoms with Crippen LogP contribution in [-0.2, 0) is 0 Å². The van der Waals surface area contributed by atoms with Gasteiger partial charge in [-0.2, -0.15) is 0 Å². The van der Waals surface area contributed by atoms with E-state index < -0.39 is 0 Å². The van der Waals surface area contributed by atoms with Crippen LogP contribution < -0.4 is 10.1 Å². The summed E-state index contributed by atoms with van der Waals surface area (Å²) in [6.07, 6.45) is 2.52. The number of aryl methyl sites for hydroxylation is 2. The second-order valence-corrected chi connectivity index (χ2v) is 6.38. The Hall–Kier alpha value is -1.02. The summed E-state index contributed by atoms with van der Waals surface area (Å²) in [5, 5.41) is 3.53. The predicted molar refractivity (Wildman–Crippen MR) is 87.7 cm³/mol. The molecule has 0 aliphatic heterocycles. The van der Waals surface area contributed by atoms with Gasteiger partial charge in [-0.15, -0.1) is 0 Å². The normalized spacial score (nSPS) is 12.8. The van der Waals surface area contributed by atoms with E-state index in [-0.39, 0.29) is 0 Å². The highest BCUT2D eigenvalue weighted by Gasteiger charge is 2.05. The van der Waals surface area contributed by atoms with E-state index in [1.54, 1.807) is 0 Å². The standard InChI is InChI=1S/C18H31NO/c1-13(2)7-8-16(5)19-9-10-20-18-12-14(3)11-15(4)17(18)6/h11-13,16,19H,7-10H2,1-6H3. The monoisotopic (exact) mass is 277 g/mol. The van der Waals surface area contributed by atoms with Gasteiger partial charge in [-0.05, 0) is 69.2 Å². The SMILES string of the molecule is Cc1cc(C)c(C)c(OCCNC(C)CCC(C)C)c1. The van der Waals surface area contributed by atoms with Gasteiger partial charge >= 0.3 is 0 Å². The quantitative estimate of drug-likeness (QED) is 0.711.